The van der Waals surface area contributed by atoms with E-state index in [2.05, 4.69) is 36.6 Å². The Kier molecular flexibility index (Phi) is 14.1. The van der Waals surface area contributed by atoms with Gasteiger partial charge in [-0.2, -0.15) is 0 Å². The van der Waals surface area contributed by atoms with Crippen molar-refractivity contribution in [3.8, 4) is 0 Å². The summed E-state index contributed by atoms with van der Waals surface area (Å²) >= 11 is 0. The predicted molar refractivity (Wildman–Crippen MR) is 216 cm³/mol. The minimum atomic E-state index is -1.18. The van der Waals surface area contributed by atoms with Gasteiger partial charge in [0, 0.05) is 25.9 Å². The molecular weight excluding hydrogens is 715 g/mol. The summed E-state index contributed by atoms with van der Waals surface area (Å²) in [7, 11) is 0. The number of hydrogen-bond acceptors (Lipinski definition) is 7. The fraction of sp³-hybridized carbons (Fsp3) is 0.325. The molecule has 0 unspecified atom stereocenters. The summed E-state index contributed by atoms with van der Waals surface area (Å²) in [6.45, 7) is -0.127. The van der Waals surface area contributed by atoms with Crippen LogP contribution in [0, 0.1) is 0 Å². The van der Waals surface area contributed by atoms with Crippen molar-refractivity contribution in [1.29, 1.82) is 0 Å². The lowest BCUT2D eigenvalue weighted by Gasteiger charge is -2.26. The van der Waals surface area contributed by atoms with Gasteiger partial charge in [-0.15, -0.1) is 0 Å². The largest absolute Gasteiger partial charge is 0.370 e. The van der Waals surface area contributed by atoms with Crippen LogP contribution in [0.1, 0.15) is 36.8 Å². The van der Waals surface area contributed by atoms with Crippen molar-refractivity contribution in [2.45, 2.75) is 62.7 Å². The van der Waals surface area contributed by atoms with Crippen molar-refractivity contribution in [2.75, 3.05) is 19.6 Å². The molecule has 1 aliphatic rings. The summed E-state index contributed by atoms with van der Waals surface area (Å²) in [6.07, 6.45) is 0.960. The number of hydrogen-bond donors (Lipinski definition) is 9. The summed E-state index contributed by atoms with van der Waals surface area (Å²) in [5.74, 6) is -3.47. The highest BCUT2D eigenvalue weighted by Gasteiger charge is 2.32. The molecule has 4 atom stereocenters. The number of nitrogens with zero attached hydrogens (tertiary/aromatic N) is 2. The third-order valence-corrected chi connectivity index (χ3v) is 9.42. The first-order valence-corrected chi connectivity index (χ1v) is 18.5. The first-order chi connectivity index (χ1) is 27.0. The van der Waals surface area contributed by atoms with Crippen LogP contribution in [0.5, 0.6) is 0 Å². The maximum absolute atomic E-state index is 14.3. The second kappa shape index (κ2) is 19.6. The monoisotopic (exact) mass is 763 g/mol. The Morgan fingerprint density at radius 2 is 1.09 bits per heavy atom. The highest BCUT2D eigenvalue weighted by Crippen LogP contribution is 2.21. The number of guanidine groups is 2. The van der Waals surface area contributed by atoms with Gasteiger partial charge in [-0.1, -0.05) is 84.9 Å². The minimum absolute atomic E-state index is 0.0561. The second-order valence-electron chi connectivity index (χ2n) is 13.6. The van der Waals surface area contributed by atoms with Crippen LogP contribution in [0.15, 0.2) is 94.9 Å². The molecule has 56 heavy (non-hydrogen) atoms. The lowest BCUT2D eigenvalue weighted by molar-refractivity contribution is -0.134. The van der Waals surface area contributed by atoms with Gasteiger partial charge in [0.25, 0.3) is 0 Å². The number of carbonyl (C=O) groups is 5. The van der Waals surface area contributed by atoms with Gasteiger partial charge in [0.15, 0.2) is 11.9 Å². The Bertz CT molecular complexity index is 2110. The summed E-state index contributed by atoms with van der Waals surface area (Å²) in [6, 6.07) is 22.1. The molecule has 0 aliphatic carbocycles. The van der Waals surface area contributed by atoms with Crippen molar-refractivity contribution in [3.63, 3.8) is 0 Å². The van der Waals surface area contributed by atoms with E-state index in [1.807, 2.05) is 84.9 Å². The number of nitrogens with one attached hydrogen (secondary N) is 5. The maximum atomic E-state index is 14.3. The second-order valence-corrected chi connectivity index (χ2v) is 13.6. The number of carbonyl (C=O) groups excluding carboxylic acids is 5. The third kappa shape index (κ3) is 11.6. The van der Waals surface area contributed by atoms with E-state index in [1.54, 1.807) is 0 Å². The van der Waals surface area contributed by atoms with E-state index in [0.29, 0.717) is 12.8 Å². The molecule has 16 nitrogen and oxygen atoms in total. The first kappa shape index (κ1) is 40.5. The lowest BCUT2D eigenvalue weighted by atomic mass is 9.97. The Labute approximate surface area is 324 Å². The van der Waals surface area contributed by atoms with Crippen LogP contribution >= 0.6 is 0 Å². The highest BCUT2D eigenvalue weighted by atomic mass is 16.2. The van der Waals surface area contributed by atoms with Gasteiger partial charge in [-0.25, -0.2) is 0 Å². The number of rotatable bonds is 12. The van der Waals surface area contributed by atoms with Crippen LogP contribution < -0.4 is 49.5 Å². The summed E-state index contributed by atoms with van der Waals surface area (Å²) in [5.41, 5.74) is 23.5. The van der Waals surface area contributed by atoms with Crippen LogP contribution in [0.4, 0.5) is 0 Å². The van der Waals surface area contributed by atoms with Crippen molar-refractivity contribution < 1.29 is 24.0 Å². The van der Waals surface area contributed by atoms with E-state index in [0.717, 1.165) is 32.7 Å². The SMILES string of the molecule is NC(N)=NCCC[C@@H]1NC(=O)CNC(=O)[C@H](Cc2ccc3ccccc3c2)NC(=O)[C@H](CCCN=C(N)N)NC(=O)[C@@H](Cc2cccc3ccccc23)NC1=O. The molecular formula is C40H49N11O5. The molecule has 0 saturated carbocycles. The number of aliphatic imine (C=N–C) groups is 2. The van der Waals surface area contributed by atoms with Crippen LogP contribution in [0.2, 0.25) is 0 Å². The highest BCUT2D eigenvalue weighted by molar-refractivity contribution is 5.98. The third-order valence-electron chi connectivity index (χ3n) is 9.42. The predicted octanol–water partition coefficient (Wildman–Crippen LogP) is -0.0456. The lowest BCUT2D eigenvalue weighted by Crippen LogP contribution is -2.58. The molecule has 4 aromatic rings. The van der Waals surface area contributed by atoms with Gasteiger partial charge >= 0.3 is 0 Å². The summed E-state index contributed by atoms with van der Waals surface area (Å²) < 4.78 is 0. The topological polar surface area (TPSA) is 274 Å². The molecule has 16 heteroatoms. The summed E-state index contributed by atoms with van der Waals surface area (Å²) in [4.78, 5) is 77.4. The van der Waals surface area contributed by atoms with Crippen LogP contribution in [-0.4, -0.2) is 85.3 Å². The Morgan fingerprint density at radius 3 is 1.75 bits per heavy atom. The van der Waals surface area contributed by atoms with Crippen LogP contribution in [0.25, 0.3) is 21.5 Å². The smallest absolute Gasteiger partial charge is 0.243 e. The Morgan fingerprint density at radius 1 is 0.554 bits per heavy atom. The average Bonchev–Trinajstić information content (AvgIpc) is 3.18. The quantitative estimate of drug-likeness (QED) is 0.0531. The molecule has 5 amide bonds. The number of benzene rings is 4. The van der Waals surface area contributed by atoms with Gasteiger partial charge in [0.1, 0.15) is 24.2 Å². The number of nitrogens with two attached hydrogens (primary N) is 4. The molecule has 5 rings (SSSR count). The van der Waals surface area contributed by atoms with Crippen molar-refractivity contribution in [1.82, 2.24) is 26.6 Å². The minimum Gasteiger partial charge on any atom is -0.370 e. The van der Waals surface area contributed by atoms with Gasteiger partial charge in [0.2, 0.25) is 29.5 Å². The van der Waals surface area contributed by atoms with E-state index < -0.39 is 60.2 Å². The van der Waals surface area contributed by atoms with E-state index in [1.165, 1.54) is 0 Å². The molecule has 0 radical (unpaired) electrons. The average molecular weight is 764 g/mol. The molecule has 1 heterocycles. The van der Waals surface area contributed by atoms with E-state index in [9.17, 15) is 24.0 Å². The number of fused-ring (bicyclic) bond motifs is 2. The fourth-order valence-corrected chi connectivity index (χ4v) is 6.61. The van der Waals surface area contributed by atoms with E-state index >= 15 is 0 Å². The number of amides is 5. The molecule has 1 aliphatic heterocycles. The van der Waals surface area contributed by atoms with Crippen molar-refractivity contribution in [3.05, 3.63) is 96.1 Å². The van der Waals surface area contributed by atoms with Crippen molar-refractivity contribution in [2.24, 2.45) is 32.9 Å². The Balaban J connectivity index is 1.50. The van der Waals surface area contributed by atoms with Crippen molar-refractivity contribution >= 4 is 63.0 Å². The van der Waals surface area contributed by atoms with E-state index in [-0.39, 0.29) is 50.7 Å². The molecule has 1 saturated heterocycles. The maximum Gasteiger partial charge on any atom is 0.243 e. The summed E-state index contributed by atoms with van der Waals surface area (Å²) in [5, 5.41) is 17.5. The Hall–Kier alpha value is -6.71. The molecule has 0 spiro atoms. The van der Waals surface area contributed by atoms with Gasteiger partial charge in [-0.3, -0.25) is 34.0 Å². The van der Waals surface area contributed by atoms with E-state index in [4.69, 9.17) is 22.9 Å². The fourth-order valence-electron chi connectivity index (χ4n) is 6.61. The molecule has 0 aromatic heterocycles. The zero-order valence-corrected chi connectivity index (χ0v) is 31.0. The van der Waals surface area contributed by atoms with Gasteiger partial charge in [0.05, 0.1) is 6.54 Å². The first-order valence-electron chi connectivity index (χ1n) is 18.5. The molecule has 294 valence electrons. The molecule has 4 aromatic carbocycles. The zero-order chi connectivity index (χ0) is 40.0. The van der Waals surface area contributed by atoms with Gasteiger partial charge in [-0.05, 0) is 58.4 Å². The molecule has 1 fully saturated rings. The molecule has 13 N–H and O–H groups in total. The zero-order valence-electron chi connectivity index (χ0n) is 31.0. The standard InChI is InChI=1S/C40H49N11O5/c41-39(42)45-18-6-14-30-36(54)51-33(22-28-12-5-11-26-9-3-4-13-29(26)28)38(56)49-31(15-7-19-46-40(43)44)37(55)50-32(35(53)47-23-34(52)48-30)21-24-16-17-25-8-1-2-10-27(25)20-24/h1-5,8-13,16-17,20,30-33H,6-7,14-15,18-19,21-23H2,(H,47,53)(H,48,52)(H,49,56)(H,50,55)(H,51,54)(H4,41,42,45)(H4,43,44,46)/t30-,31-,32-,33+/m0/s1. The normalized spacial score (nSPS) is 19.7. The van der Waals surface area contributed by atoms with Gasteiger partial charge < -0.3 is 49.5 Å². The van der Waals surface area contributed by atoms with Crippen LogP contribution in [0.3, 0.4) is 0 Å². The molecule has 0 bridgehead atoms. The van der Waals surface area contributed by atoms with Crippen LogP contribution in [-0.2, 0) is 36.8 Å².